The zero-order valence-corrected chi connectivity index (χ0v) is 9.64. The summed E-state index contributed by atoms with van der Waals surface area (Å²) < 4.78 is 35.8. The van der Waals surface area contributed by atoms with Gasteiger partial charge in [-0.25, -0.2) is 0 Å². The van der Waals surface area contributed by atoms with E-state index >= 15 is 0 Å². The molecule has 0 aromatic carbocycles. The summed E-state index contributed by atoms with van der Waals surface area (Å²) in [5, 5.41) is 20.0. The van der Waals surface area contributed by atoms with Crippen LogP contribution in [0.15, 0.2) is 0 Å². The second-order valence-electron chi connectivity index (χ2n) is 4.68. The van der Waals surface area contributed by atoms with E-state index in [1.807, 2.05) is 13.8 Å². The normalized spacial score (nSPS) is 15.2. The van der Waals surface area contributed by atoms with Gasteiger partial charge in [0, 0.05) is 19.7 Å². The Morgan fingerprint density at radius 2 is 1.81 bits per heavy atom. The lowest BCUT2D eigenvalue weighted by atomic mass is 9.88. The standard InChI is InChI=1S/C10H20F3NO2/c1-9(2,4-3-5-15)7-14-6-8(16)10(11,12)13/h8,14-16H,3-7H2,1-2H3. The highest BCUT2D eigenvalue weighted by Crippen LogP contribution is 2.22. The van der Waals surface area contributed by atoms with Gasteiger partial charge in [-0.15, -0.1) is 0 Å². The third-order valence-electron chi connectivity index (χ3n) is 2.33. The van der Waals surface area contributed by atoms with Crippen LogP contribution in [0.2, 0.25) is 0 Å². The lowest BCUT2D eigenvalue weighted by molar-refractivity contribution is -0.202. The summed E-state index contributed by atoms with van der Waals surface area (Å²) in [6.45, 7) is 3.76. The number of aliphatic hydroxyl groups excluding tert-OH is 2. The fourth-order valence-electron chi connectivity index (χ4n) is 1.31. The number of alkyl halides is 3. The molecule has 0 aliphatic carbocycles. The van der Waals surface area contributed by atoms with Crippen molar-refractivity contribution in [1.29, 1.82) is 0 Å². The van der Waals surface area contributed by atoms with Crippen LogP contribution in [0.5, 0.6) is 0 Å². The molecule has 0 spiro atoms. The third kappa shape index (κ3) is 7.03. The van der Waals surface area contributed by atoms with Gasteiger partial charge in [0.05, 0.1) is 0 Å². The van der Waals surface area contributed by atoms with Crippen molar-refractivity contribution < 1.29 is 23.4 Å². The molecular weight excluding hydrogens is 223 g/mol. The van der Waals surface area contributed by atoms with E-state index in [-0.39, 0.29) is 12.0 Å². The van der Waals surface area contributed by atoms with Crippen LogP contribution >= 0.6 is 0 Å². The summed E-state index contributed by atoms with van der Waals surface area (Å²) in [5.74, 6) is 0. The summed E-state index contributed by atoms with van der Waals surface area (Å²) >= 11 is 0. The molecule has 1 atom stereocenters. The van der Waals surface area contributed by atoms with Crippen LogP contribution in [0.3, 0.4) is 0 Å². The van der Waals surface area contributed by atoms with Crippen LogP contribution < -0.4 is 5.32 Å². The monoisotopic (exact) mass is 243 g/mol. The minimum atomic E-state index is -4.57. The fraction of sp³-hybridized carbons (Fsp3) is 1.00. The maximum atomic E-state index is 11.9. The molecule has 6 heteroatoms. The number of rotatable bonds is 7. The zero-order valence-electron chi connectivity index (χ0n) is 9.64. The maximum Gasteiger partial charge on any atom is 0.415 e. The quantitative estimate of drug-likeness (QED) is 0.631. The van der Waals surface area contributed by atoms with E-state index in [1.54, 1.807) is 0 Å². The number of hydrogen-bond donors (Lipinski definition) is 3. The number of nitrogens with one attached hydrogen (secondary N) is 1. The van der Waals surface area contributed by atoms with E-state index < -0.39 is 18.8 Å². The van der Waals surface area contributed by atoms with Crippen molar-refractivity contribution in [3.63, 3.8) is 0 Å². The first-order chi connectivity index (χ1) is 7.19. The van der Waals surface area contributed by atoms with E-state index in [0.29, 0.717) is 13.0 Å². The largest absolute Gasteiger partial charge is 0.415 e. The van der Waals surface area contributed by atoms with E-state index in [2.05, 4.69) is 5.32 Å². The highest BCUT2D eigenvalue weighted by atomic mass is 19.4. The first kappa shape index (κ1) is 15.7. The van der Waals surface area contributed by atoms with Gasteiger partial charge in [0.15, 0.2) is 6.10 Å². The van der Waals surface area contributed by atoms with Gasteiger partial charge in [-0.2, -0.15) is 13.2 Å². The fourth-order valence-corrected chi connectivity index (χ4v) is 1.31. The molecule has 98 valence electrons. The van der Waals surface area contributed by atoms with Crippen molar-refractivity contribution >= 4 is 0 Å². The Bertz CT molecular complexity index is 195. The Labute approximate surface area is 93.7 Å². The molecule has 1 unspecified atom stereocenters. The van der Waals surface area contributed by atoms with E-state index in [9.17, 15) is 13.2 Å². The number of aliphatic hydroxyl groups is 2. The first-order valence-electron chi connectivity index (χ1n) is 5.25. The van der Waals surface area contributed by atoms with Crippen LogP contribution in [0.4, 0.5) is 13.2 Å². The summed E-state index contributed by atoms with van der Waals surface area (Å²) in [4.78, 5) is 0. The maximum absolute atomic E-state index is 11.9. The lowest BCUT2D eigenvalue weighted by Crippen LogP contribution is -2.41. The number of hydrogen-bond acceptors (Lipinski definition) is 3. The van der Waals surface area contributed by atoms with Gasteiger partial charge in [0.2, 0.25) is 0 Å². The van der Waals surface area contributed by atoms with Crippen molar-refractivity contribution in [2.24, 2.45) is 5.41 Å². The highest BCUT2D eigenvalue weighted by molar-refractivity contribution is 4.74. The van der Waals surface area contributed by atoms with Crippen molar-refractivity contribution in [1.82, 2.24) is 5.32 Å². The molecule has 0 bridgehead atoms. The van der Waals surface area contributed by atoms with E-state index in [4.69, 9.17) is 10.2 Å². The van der Waals surface area contributed by atoms with Gasteiger partial charge < -0.3 is 15.5 Å². The Hall–Kier alpha value is -0.330. The SMILES string of the molecule is CC(C)(CCCO)CNCC(O)C(F)(F)F. The molecule has 0 aliphatic heterocycles. The predicted molar refractivity (Wildman–Crippen MR) is 55.0 cm³/mol. The zero-order chi connectivity index (χ0) is 12.8. The molecule has 0 radical (unpaired) electrons. The van der Waals surface area contributed by atoms with Gasteiger partial charge in [-0.05, 0) is 18.3 Å². The summed E-state index contributed by atoms with van der Waals surface area (Å²) in [7, 11) is 0. The van der Waals surface area contributed by atoms with E-state index in [0.717, 1.165) is 6.42 Å². The number of halogens is 3. The molecule has 0 rings (SSSR count). The van der Waals surface area contributed by atoms with Gasteiger partial charge in [-0.1, -0.05) is 13.8 Å². The molecule has 0 saturated heterocycles. The molecule has 3 N–H and O–H groups in total. The van der Waals surface area contributed by atoms with Crippen LogP contribution in [0.1, 0.15) is 26.7 Å². The summed E-state index contributed by atoms with van der Waals surface area (Å²) in [6.07, 6.45) is -5.54. The highest BCUT2D eigenvalue weighted by Gasteiger charge is 2.37. The van der Waals surface area contributed by atoms with Gasteiger partial charge in [0.1, 0.15) is 0 Å². The van der Waals surface area contributed by atoms with Crippen molar-refractivity contribution in [2.45, 2.75) is 39.0 Å². The molecule has 0 aromatic heterocycles. The average molecular weight is 243 g/mol. The molecule has 0 fully saturated rings. The van der Waals surface area contributed by atoms with Crippen LogP contribution in [-0.2, 0) is 0 Å². The second-order valence-corrected chi connectivity index (χ2v) is 4.68. The Kier molecular flexibility index (Phi) is 6.28. The third-order valence-corrected chi connectivity index (χ3v) is 2.33. The molecule has 0 saturated carbocycles. The van der Waals surface area contributed by atoms with Crippen molar-refractivity contribution in [3.05, 3.63) is 0 Å². The molecular formula is C10H20F3NO2. The van der Waals surface area contributed by atoms with Crippen LogP contribution in [0, 0.1) is 5.41 Å². The topological polar surface area (TPSA) is 52.5 Å². The Balaban J connectivity index is 3.80. The van der Waals surface area contributed by atoms with Crippen molar-refractivity contribution in [2.75, 3.05) is 19.7 Å². The Morgan fingerprint density at radius 1 is 1.25 bits per heavy atom. The minimum Gasteiger partial charge on any atom is -0.396 e. The predicted octanol–water partition coefficient (Wildman–Crippen LogP) is 1.30. The molecule has 0 aromatic rings. The van der Waals surface area contributed by atoms with E-state index in [1.165, 1.54) is 0 Å². The Morgan fingerprint density at radius 3 is 2.25 bits per heavy atom. The van der Waals surface area contributed by atoms with Gasteiger partial charge in [0.25, 0.3) is 0 Å². The van der Waals surface area contributed by atoms with Gasteiger partial charge >= 0.3 is 6.18 Å². The summed E-state index contributed by atoms with van der Waals surface area (Å²) in [5.41, 5.74) is -0.186. The van der Waals surface area contributed by atoms with Crippen molar-refractivity contribution in [3.8, 4) is 0 Å². The molecule has 0 amide bonds. The summed E-state index contributed by atoms with van der Waals surface area (Å²) in [6, 6.07) is 0. The first-order valence-corrected chi connectivity index (χ1v) is 5.25. The van der Waals surface area contributed by atoms with Gasteiger partial charge in [-0.3, -0.25) is 0 Å². The molecule has 3 nitrogen and oxygen atoms in total. The average Bonchev–Trinajstić information content (AvgIpc) is 2.13. The molecule has 0 aliphatic rings. The molecule has 0 heterocycles. The lowest BCUT2D eigenvalue weighted by Gasteiger charge is -2.25. The smallest absolute Gasteiger partial charge is 0.396 e. The molecule has 16 heavy (non-hydrogen) atoms. The second kappa shape index (κ2) is 6.42. The van der Waals surface area contributed by atoms with Crippen LogP contribution in [-0.4, -0.2) is 42.2 Å². The minimum absolute atomic E-state index is 0.0780. The van der Waals surface area contributed by atoms with Crippen LogP contribution in [0.25, 0.3) is 0 Å².